The van der Waals surface area contributed by atoms with Gasteiger partial charge in [-0.05, 0) is 41.0 Å². The van der Waals surface area contributed by atoms with E-state index < -0.39 is 17.8 Å². The number of nitrogens with zero attached hydrogens (tertiary/aromatic N) is 2. The maximum absolute atomic E-state index is 13.9. The molecule has 3 aromatic carbocycles. The molecular formula is C25H18F3N5O3. The fraction of sp³-hybridized carbons (Fsp3) is 0.120. The summed E-state index contributed by atoms with van der Waals surface area (Å²) < 4.78 is 46.3. The van der Waals surface area contributed by atoms with Gasteiger partial charge >= 0.3 is 12.3 Å². The van der Waals surface area contributed by atoms with Crippen LogP contribution in [0.2, 0.25) is 0 Å². The van der Waals surface area contributed by atoms with Gasteiger partial charge in [0.05, 0.1) is 34.8 Å². The highest BCUT2D eigenvalue weighted by Crippen LogP contribution is 2.38. The number of benzene rings is 3. The van der Waals surface area contributed by atoms with Crippen LogP contribution < -0.4 is 10.9 Å². The SMILES string of the molecule is COC(=O)Nc1nc2cc(-c3cc(Cc4n[nH]c(=O)c5ccccc45)ccc3C(F)(F)F)ccc2[nH]1. The molecule has 0 saturated heterocycles. The maximum Gasteiger partial charge on any atom is 0.417 e. The number of imidazole rings is 1. The van der Waals surface area contributed by atoms with Crippen molar-refractivity contribution in [2.24, 2.45) is 0 Å². The van der Waals surface area contributed by atoms with E-state index in [0.29, 0.717) is 38.6 Å². The standard InChI is InChI=1S/C25H18F3N5O3/c1-36-24(35)31-23-29-19-9-7-14(12-21(19)30-23)17-10-13(6-8-18(17)25(26,27)28)11-20-15-4-2-3-5-16(15)22(34)33-32-20/h2-10,12H,11H2,1H3,(H,33,34)(H2,29,30,31,35). The highest BCUT2D eigenvalue weighted by molar-refractivity contribution is 5.88. The smallest absolute Gasteiger partial charge is 0.417 e. The average Bonchev–Trinajstić information content (AvgIpc) is 3.26. The van der Waals surface area contributed by atoms with Crippen molar-refractivity contribution in [2.75, 3.05) is 12.4 Å². The predicted octanol–water partition coefficient (Wildman–Crippen LogP) is 5.25. The van der Waals surface area contributed by atoms with Gasteiger partial charge in [0.2, 0.25) is 5.95 Å². The second-order valence-electron chi connectivity index (χ2n) is 8.03. The highest BCUT2D eigenvalue weighted by atomic mass is 19.4. The number of alkyl halides is 3. The summed E-state index contributed by atoms with van der Waals surface area (Å²) in [6.45, 7) is 0. The Hall–Kier alpha value is -4.67. The molecule has 0 unspecified atom stereocenters. The second-order valence-corrected chi connectivity index (χ2v) is 8.03. The lowest BCUT2D eigenvalue weighted by atomic mass is 9.94. The first-order valence-corrected chi connectivity index (χ1v) is 10.7. The molecule has 0 spiro atoms. The molecule has 0 saturated carbocycles. The number of halogens is 3. The number of hydrogen-bond acceptors (Lipinski definition) is 5. The number of amides is 1. The predicted molar refractivity (Wildman–Crippen MR) is 128 cm³/mol. The van der Waals surface area contributed by atoms with Crippen LogP contribution in [0.5, 0.6) is 0 Å². The largest absolute Gasteiger partial charge is 0.453 e. The van der Waals surface area contributed by atoms with E-state index in [-0.39, 0.29) is 23.5 Å². The van der Waals surface area contributed by atoms with Crippen molar-refractivity contribution in [3.8, 4) is 11.1 Å². The van der Waals surface area contributed by atoms with Gasteiger partial charge in [0.15, 0.2) is 0 Å². The summed E-state index contributed by atoms with van der Waals surface area (Å²) in [6.07, 6.45) is -5.11. The molecule has 182 valence electrons. The minimum absolute atomic E-state index is 0.0268. The van der Waals surface area contributed by atoms with Crippen LogP contribution in [0.25, 0.3) is 32.9 Å². The van der Waals surface area contributed by atoms with Crippen molar-refractivity contribution in [3.05, 3.63) is 87.8 Å². The minimum Gasteiger partial charge on any atom is -0.453 e. The average molecular weight is 493 g/mol. The van der Waals surface area contributed by atoms with Crippen LogP contribution in [0.3, 0.4) is 0 Å². The van der Waals surface area contributed by atoms with Crippen molar-refractivity contribution in [3.63, 3.8) is 0 Å². The summed E-state index contributed by atoms with van der Waals surface area (Å²) in [7, 11) is 1.20. The number of rotatable bonds is 4. The number of carbonyl (C=O) groups is 1. The van der Waals surface area contributed by atoms with Gasteiger partial charge in [0.1, 0.15) is 0 Å². The Morgan fingerprint density at radius 1 is 1.06 bits per heavy atom. The molecule has 0 aliphatic heterocycles. The van der Waals surface area contributed by atoms with Crippen LogP contribution in [0.4, 0.5) is 23.9 Å². The molecule has 0 atom stereocenters. The lowest BCUT2D eigenvalue weighted by Gasteiger charge is -2.15. The second kappa shape index (κ2) is 8.84. The van der Waals surface area contributed by atoms with E-state index in [4.69, 9.17) is 0 Å². The van der Waals surface area contributed by atoms with E-state index in [1.807, 2.05) is 0 Å². The molecule has 0 radical (unpaired) electrons. The number of aromatic amines is 2. The number of carbonyl (C=O) groups excluding carboxylic acids is 1. The van der Waals surface area contributed by atoms with E-state index in [2.05, 4.69) is 30.2 Å². The van der Waals surface area contributed by atoms with Crippen molar-refractivity contribution in [2.45, 2.75) is 12.6 Å². The Morgan fingerprint density at radius 2 is 1.83 bits per heavy atom. The summed E-state index contributed by atoms with van der Waals surface area (Å²) >= 11 is 0. The zero-order valence-electron chi connectivity index (χ0n) is 18.7. The molecule has 0 aliphatic rings. The number of H-pyrrole nitrogens is 2. The van der Waals surface area contributed by atoms with Crippen molar-refractivity contribution < 1.29 is 22.7 Å². The number of anilines is 1. The summed E-state index contributed by atoms with van der Waals surface area (Å²) in [5.74, 6) is 0.106. The molecule has 0 fully saturated rings. The molecular weight excluding hydrogens is 475 g/mol. The molecule has 36 heavy (non-hydrogen) atoms. The molecule has 5 aromatic rings. The number of fused-ring (bicyclic) bond motifs is 2. The Kier molecular flexibility index (Phi) is 5.67. The zero-order chi connectivity index (χ0) is 25.4. The number of ether oxygens (including phenoxy) is 1. The molecule has 5 rings (SSSR count). The van der Waals surface area contributed by atoms with Gasteiger partial charge in [0, 0.05) is 11.8 Å². The van der Waals surface area contributed by atoms with E-state index in [1.54, 1.807) is 36.4 Å². The normalized spacial score (nSPS) is 11.7. The topological polar surface area (TPSA) is 113 Å². The number of hydrogen-bond donors (Lipinski definition) is 3. The molecule has 1 amide bonds. The number of methoxy groups -OCH3 is 1. The van der Waals surface area contributed by atoms with Crippen LogP contribution in [-0.4, -0.2) is 33.4 Å². The Balaban J connectivity index is 1.58. The van der Waals surface area contributed by atoms with Crippen LogP contribution in [-0.2, 0) is 17.3 Å². The molecule has 2 aromatic heterocycles. The van der Waals surface area contributed by atoms with Crippen molar-refractivity contribution in [1.82, 2.24) is 20.2 Å². The van der Waals surface area contributed by atoms with Gasteiger partial charge in [-0.1, -0.05) is 36.4 Å². The van der Waals surface area contributed by atoms with Crippen molar-refractivity contribution >= 4 is 33.8 Å². The van der Waals surface area contributed by atoms with Crippen LogP contribution in [0.1, 0.15) is 16.8 Å². The quantitative estimate of drug-likeness (QED) is 0.316. The minimum atomic E-state index is -4.59. The van der Waals surface area contributed by atoms with Gasteiger partial charge in [-0.3, -0.25) is 10.1 Å². The first kappa shape index (κ1) is 23.1. The fourth-order valence-electron chi connectivity index (χ4n) is 4.07. The molecule has 8 nitrogen and oxygen atoms in total. The summed E-state index contributed by atoms with van der Waals surface area (Å²) in [5.41, 5.74) is 1.15. The van der Waals surface area contributed by atoms with Crippen LogP contribution in [0.15, 0.2) is 65.5 Å². The van der Waals surface area contributed by atoms with Gasteiger partial charge in [0.25, 0.3) is 5.56 Å². The van der Waals surface area contributed by atoms with Crippen LogP contribution >= 0.6 is 0 Å². The fourth-order valence-corrected chi connectivity index (χ4v) is 4.07. The van der Waals surface area contributed by atoms with Gasteiger partial charge in [-0.15, -0.1) is 0 Å². The van der Waals surface area contributed by atoms with Gasteiger partial charge in [-0.2, -0.15) is 18.3 Å². The summed E-state index contributed by atoms with van der Waals surface area (Å²) in [5, 5.41) is 10.1. The van der Waals surface area contributed by atoms with Gasteiger partial charge in [-0.25, -0.2) is 14.9 Å². The molecule has 2 heterocycles. The van der Waals surface area contributed by atoms with E-state index in [1.165, 1.54) is 25.3 Å². The Bertz CT molecular complexity index is 1670. The lowest BCUT2D eigenvalue weighted by Crippen LogP contribution is -2.11. The van der Waals surface area contributed by atoms with Gasteiger partial charge < -0.3 is 9.72 Å². The summed E-state index contributed by atoms with van der Waals surface area (Å²) in [4.78, 5) is 30.6. The number of nitrogens with one attached hydrogen (secondary N) is 3. The number of aromatic nitrogens is 4. The van der Waals surface area contributed by atoms with E-state index in [9.17, 15) is 22.8 Å². The Labute approximate surface area is 201 Å². The molecule has 0 aliphatic carbocycles. The van der Waals surface area contributed by atoms with E-state index >= 15 is 0 Å². The first-order valence-electron chi connectivity index (χ1n) is 10.7. The first-order chi connectivity index (χ1) is 17.2. The lowest BCUT2D eigenvalue weighted by molar-refractivity contribution is -0.137. The third-order valence-electron chi connectivity index (χ3n) is 5.74. The third kappa shape index (κ3) is 4.38. The summed E-state index contributed by atoms with van der Waals surface area (Å²) in [6, 6.07) is 15.5. The zero-order valence-corrected chi connectivity index (χ0v) is 18.7. The monoisotopic (exact) mass is 493 g/mol. The van der Waals surface area contributed by atoms with Crippen molar-refractivity contribution in [1.29, 1.82) is 0 Å². The Morgan fingerprint density at radius 3 is 2.58 bits per heavy atom. The molecule has 0 bridgehead atoms. The maximum atomic E-state index is 13.9. The van der Waals surface area contributed by atoms with Crippen LogP contribution in [0, 0.1) is 0 Å². The van der Waals surface area contributed by atoms with E-state index in [0.717, 1.165) is 6.07 Å². The third-order valence-corrected chi connectivity index (χ3v) is 5.74. The molecule has 11 heteroatoms. The highest BCUT2D eigenvalue weighted by Gasteiger charge is 2.34. The molecule has 3 N–H and O–H groups in total.